The monoisotopic (exact) mass is 396 g/mol. The third-order valence-corrected chi connectivity index (χ3v) is 6.63. The van der Waals surface area contributed by atoms with Crippen molar-refractivity contribution in [3.05, 3.63) is 57.5 Å². The highest BCUT2D eigenvalue weighted by molar-refractivity contribution is 7.91. The number of hydrogen-bond donors (Lipinski definition) is 0. The molecule has 1 aliphatic heterocycles. The lowest BCUT2D eigenvalue weighted by Gasteiger charge is -2.11. The summed E-state index contributed by atoms with van der Waals surface area (Å²) in [6.07, 6.45) is 3.11. The average Bonchev–Trinajstić information content (AvgIpc) is 3.16. The first-order valence-corrected chi connectivity index (χ1v) is 10.1. The van der Waals surface area contributed by atoms with Gasteiger partial charge in [0.05, 0.1) is 30.3 Å². The lowest BCUT2D eigenvalue weighted by Crippen LogP contribution is -2.22. The van der Waals surface area contributed by atoms with Gasteiger partial charge >= 0.3 is 0 Å². The smallest absolute Gasteiger partial charge is 0.264 e. The van der Waals surface area contributed by atoms with Crippen LogP contribution in [0.5, 0.6) is 0 Å². The van der Waals surface area contributed by atoms with E-state index in [1.54, 1.807) is 6.07 Å². The topological polar surface area (TPSA) is 86.8 Å². The van der Waals surface area contributed by atoms with Crippen LogP contribution in [0.1, 0.15) is 18.0 Å². The van der Waals surface area contributed by atoms with Crippen molar-refractivity contribution >= 4 is 32.5 Å². The zero-order chi connectivity index (χ0) is 18.5. The molecule has 1 atom stereocenters. The zero-order valence-corrected chi connectivity index (χ0v) is 15.0. The van der Waals surface area contributed by atoms with E-state index in [0.717, 1.165) is 0 Å². The van der Waals surface area contributed by atoms with E-state index in [1.165, 1.54) is 33.9 Å². The Balaban J connectivity index is 1.74. The Morgan fingerprint density at radius 3 is 2.85 bits per heavy atom. The van der Waals surface area contributed by atoms with Crippen molar-refractivity contribution in [2.75, 3.05) is 11.5 Å². The second-order valence-corrected chi connectivity index (χ2v) is 8.90. The summed E-state index contributed by atoms with van der Waals surface area (Å²) in [5.74, 6) is -0.419. The normalized spacial score (nSPS) is 19.2. The van der Waals surface area contributed by atoms with Crippen LogP contribution in [0.4, 0.5) is 4.39 Å². The summed E-state index contributed by atoms with van der Waals surface area (Å²) in [7, 11) is -3.09. The molecule has 1 unspecified atom stereocenters. The van der Waals surface area contributed by atoms with Gasteiger partial charge in [-0.1, -0.05) is 17.7 Å². The molecule has 10 heteroatoms. The van der Waals surface area contributed by atoms with E-state index < -0.39 is 15.7 Å². The summed E-state index contributed by atoms with van der Waals surface area (Å²) in [5.41, 5.74) is 0.140. The van der Waals surface area contributed by atoms with Crippen LogP contribution in [0.15, 0.2) is 35.5 Å². The molecule has 0 spiro atoms. The van der Waals surface area contributed by atoms with Crippen molar-refractivity contribution in [1.29, 1.82) is 0 Å². The zero-order valence-electron chi connectivity index (χ0n) is 13.5. The largest absolute Gasteiger partial charge is 0.294 e. The molecule has 0 saturated carbocycles. The predicted octanol–water partition coefficient (Wildman–Crippen LogP) is 1.79. The summed E-state index contributed by atoms with van der Waals surface area (Å²) in [4.78, 5) is 16.9. The summed E-state index contributed by atoms with van der Waals surface area (Å²) in [5, 5.41) is 4.64. The van der Waals surface area contributed by atoms with E-state index in [2.05, 4.69) is 10.1 Å². The summed E-state index contributed by atoms with van der Waals surface area (Å²) < 4.78 is 40.1. The van der Waals surface area contributed by atoms with E-state index in [-0.39, 0.29) is 45.6 Å². The van der Waals surface area contributed by atoms with Crippen LogP contribution >= 0.6 is 11.6 Å². The standard InChI is InChI=1S/C16H14ClFN4O3S/c17-13-2-1-3-14(18)12(13)7-21-9-19-15-11(16(21)23)6-20-22(15)10-4-5-26(24,25)8-10/h1-3,6,9-10H,4-5,7-8H2. The number of sulfone groups is 1. The van der Waals surface area contributed by atoms with Gasteiger partial charge < -0.3 is 0 Å². The number of halogens is 2. The van der Waals surface area contributed by atoms with Crippen molar-refractivity contribution in [3.63, 3.8) is 0 Å². The van der Waals surface area contributed by atoms with Crippen molar-refractivity contribution in [2.24, 2.45) is 0 Å². The molecule has 1 aromatic carbocycles. The first-order valence-electron chi connectivity index (χ1n) is 7.92. The Hall–Kier alpha value is -2.26. The molecule has 0 N–H and O–H groups in total. The fourth-order valence-corrected chi connectivity index (χ4v) is 5.08. The number of benzene rings is 1. The van der Waals surface area contributed by atoms with Gasteiger partial charge in [-0.05, 0) is 18.6 Å². The Kier molecular flexibility index (Phi) is 4.07. The number of hydrogen-bond acceptors (Lipinski definition) is 5. The summed E-state index contributed by atoms with van der Waals surface area (Å²) in [6, 6.07) is 3.98. The molecule has 0 aliphatic carbocycles. The second kappa shape index (κ2) is 6.17. The number of aromatic nitrogens is 4. The van der Waals surface area contributed by atoms with E-state index >= 15 is 0 Å². The van der Waals surface area contributed by atoms with Gasteiger partial charge in [0, 0.05) is 10.6 Å². The lowest BCUT2D eigenvalue weighted by molar-refractivity contribution is 0.511. The minimum atomic E-state index is -3.09. The second-order valence-electron chi connectivity index (χ2n) is 6.26. The van der Waals surface area contributed by atoms with Gasteiger partial charge in [0.15, 0.2) is 15.5 Å². The van der Waals surface area contributed by atoms with Gasteiger partial charge in [-0.2, -0.15) is 5.10 Å². The Labute approximate surface area is 153 Å². The molecular formula is C16H14ClFN4O3S. The number of nitrogens with zero attached hydrogens (tertiary/aromatic N) is 4. The van der Waals surface area contributed by atoms with Crippen LogP contribution in [-0.4, -0.2) is 39.3 Å². The van der Waals surface area contributed by atoms with Crippen LogP contribution in [-0.2, 0) is 16.4 Å². The molecule has 2 aromatic heterocycles. The van der Waals surface area contributed by atoms with Crippen molar-refractivity contribution in [3.8, 4) is 0 Å². The van der Waals surface area contributed by atoms with Crippen molar-refractivity contribution in [1.82, 2.24) is 19.3 Å². The minimum absolute atomic E-state index is 0.0145. The van der Waals surface area contributed by atoms with Crippen LogP contribution in [0.3, 0.4) is 0 Å². The maximum Gasteiger partial charge on any atom is 0.264 e. The van der Waals surface area contributed by atoms with Gasteiger partial charge in [0.25, 0.3) is 5.56 Å². The van der Waals surface area contributed by atoms with Gasteiger partial charge in [0.1, 0.15) is 17.5 Å². The van der Waals surface area contributed by atoms with Gasteiger partial charge in [-0.25, -0.2) is 22.5 Å². The highest BCUT2D eigenvalue weighted by atomic mass is 35.5. The third-order valence-electron chi connectivity index (χ3n) is 4.52. The highest BCUT2D eigenvalue weighted by Gasteiger charge is 2.31. The maximum atomic E-state index is 14.0. The van der Waals surface area contributed by atoms with E-state index in [1.807, 2.05) is 0 Å². The van der Waals surface area contributed by atoms with Crippen molar-refractivity contribution < 1.29 is 12.8 Å². The highest BCUT2D eigenvalue weighted by Crippen LogP contribution is 2.25. The van der Waals surface area contributed by atoms with Crippen LogP contribution in [0.25, 0.3) is 11.0 Å². The van der Waals surface area contributed by atoms with Gasteiger partial charge in [0.2, 0.25) is 0 Å². The molecule has 136 valence electrons. The Morgan fingerprint density at radius 2 is 2.15 bits per heavy atom. The first-order chi connectivity index (χ1) is 12.4. The number of rotatable bonds is 3. The molecule has 4 rings (SSSR count). The molecule has 0 bridgehead atoms. The predicted molar refractivity (Wildman–Crippen MR) is 94.6 cm³/mol. The van der Waals surface area contributed by atoms with Crippen LogP contribution in [0.2, 0.25) is 5.02 Å². The molecule has 3 heterocycles. The molecule has 1 saturated heterocycles. The molecule has 26 heavy (non-hydrogen) atoms. The quantitative estimate of drug-likeness (QED) is 0.673. The Bertz CT molecular complexity index is 1150. The van der Waals surface area contributed by atoms with E-state index in [4.69, 9.17) is 11.6 Å². The van der Waals surface area contributed by atoms with Gasteiger partial charge in [-0.3, -0.25) is 9.36 Å². The fraction of sp³-hybridized carbons (Fsp3) is 0.312. The van der Waals surface area contributed by atoms with E-state index in [0.29, 0.717) is 12.1 Å². The Morgan fingerprint density at radius 1 is 1.35 bits per heavy atom. The molecular weight excluding hydrogens is 383 g/mol. The minimum Gasteiger partial charge on any atom is -0.294 e. The van der Waals surface area contributed by atoms with Crippen LogP contribution < -0.4 is 5.56 Å². The molecule has 0 radical (unpaired) electrons. The summed E-state index contributed by atoms with van der Waals surface area (Å²) >= 11 is 6.02. The first kappa shape index (κ1) is 17.2. The number of fused-ring (bicyclic) bond motifs is 1. The fourth-order valence-electron chi connectivity index (χ4n) is 3.17. The van der Waals surface area contributed by atoms with Gasteiger partial charge in [-0.15, -0.1) is 0 Å². The lowest BCUT2D eigenvalue weighted by atomic mass is 10.2. The summed E-state index contributed by atoms with van der Waals surface area (Å²) in [6.45, 7) is -0.0593. The maximum absolute atomic E-state index is 14.0. The SMILES string of the molecule is O=c1c2cnn(C3CCS(=O)(=O)C3)c2ncn1Cc1c(F)cccc1Cl. The molecule has 7 nitrogen and oxygen atoms in total. The molecule has 3 aromatic rings. The van der Waals surface area contributed by atoms with Crippen molar-refractivity contribution in [2.45, 2.75) is 19.0 Å². The molecule has 0 amide bonds. The third kappa shape index (κ3) is 2.90. The average molecular weight is 397 g/mol. The van der Waals surface area contributed by atoms with Crippen LogP contribution in [0, 0.1) is 5.82 Å². The van der Waals surface area contributed by atoms with E-state index in [9.17, 15) is 17.6 Å². The molecule has 1 aliphatic rings. The molecule has 1 fully saturated rings.